The quantitative estimate of drug-likeness (QED) is 0.615. The largest absolute Gasteiger partial charge is 0.348 e. The van der Waals surface area contributed by atoms with Crippen LogP contribution in [0, 0.1) is 5.92 Å². The van der Waals surface area contributed by atoms with Gasteiger partial charge in [-0.25, -0.2) is 0 Å². The molecule has 1 aromatic rings. The Labute approximate surface area is 142 Å². The zero-order chi connectivity index (χ0) is 16.8. The molecule has 126 valence electrons. The summed E-state index contributed by atoms with van der Waals surface area (Å²) in [6.07, 6.45) is 4.40. The summed E-state index contributed by atoms with van der Waals surface area (Å²) in [5.74, 6) is 0.580. The first-order valence-electron chi connectivity index (χ1n) is 8.03. The molecule has 1 aliphatic carbocycles. The van der Waals surface area contributed by atoms with Crippen LogP contribution >= 0.6 is 11.8 Å². The molecule has 1 saturated carbocycles. The second kappa shape index (κ2) is 8.36. The molecule has 2 rings (SSSR count). The van der Waals surface area contributed by atoms with Crippen LogP contribution in [0.25, 0.3) is 0 Å². The lowest BCUT2D eigenvalue weighted by Crippen LogP contribution is -3.11. The summed E-state index contributed by atoms with van der Waals surface area (Å²) in [5, 5.41) is 5.94. The normalized spacial score (nSPS) is 16.5. The number of para-hydroxylation sites is 1. The molecule has 0 aliphatic heterocycles. The summed E-state index contributed by atoms with van der Waals surface area (Å²) in [7, 11) is 1.86. The Morgan fingerprint density at radius 1 is 1.26 bits per heavy atom. The fourth-order valence-electron chi connectivity index (χ4n) is 2.57. The lowest BCUT2D eigenvalue weighted by Gasteiger charge is -2.17. The van der Waals surface area contributed by atoms with Crippen LogP contribution in [0.3, 0.4) is 0 Å². The van der Waals surface area contributed by atoms with Crippen LogP contribution in [0.15, 0.2) is 29.2 Å². The van der Waals surface area contributed by atoms with Crippen LogP contribution in [0.1, 0.15) is 19.8 Å². The Morgan fingerprint density at radius 3 is 2.57 bits per heavy atom. The molecule has 1 aromatic carbocycles. The van der Waals surface area contributed by atoms with Crippen molar-refractivity contribution < 1.29 is 14.5 Å². The highest BCUT2D eigenvalue weighted by molar-refractivity contribution is 7.98. The molecule has 0 heterocycles. The monoisotopic (exact) mass is 336 g/mol. The second-order valence-electron chi connectivity index (χ2n) is 6.25. The summed E-state index contributed by atoms with van der Waals surface area (Å²) in [5.41, 5.74) is 0.824. The summed E-state index contributed by atoms with van der Waals surface area (Å²) in [6.45, 7) is 2.64. The van der Waals surface area contributed by atoms with Crippen LogP contribution in [0.5, 0.6) is 0 Å². The molecule has 1 aliphatic rings. The van der Waals surface area contributed by atoms with E-state index in [9.17, 15) is 9.59 Å². The SMILES string of the molecule is CSc1ccccc1NC(=O)C[NH+](C)CC(=O)N[C@H](C)C1CC1. The molecule has 0 aromatic heterocycles. The molecule has 2 atom stereocenters. The van der Waals surface area contributed by atoms with Crippen molar-refractivity contribution in [2.75, 3.05) is 31.7 Å². The number of benzene rings is 1. The van der Waals surface area contributed by atoms with Crippen molar-refractivity contribution in [3.05, 3.63) is 24.3 Å². The van der Waals surface area contributed by atoms with Crippen LogP contribution in [-0.4, -0.2) is 44.2 Å². The number of anilines is 1. The van der Waals surface area contributed by atoms with E-state index in [2.05, 4.69) is 17.6 Å². The Hall–Kier alpha value is -1.53. The maximum absolute atomic E-state index is 12.1. The number of carbonyl (C=O) groups excluding carboxylic acids is 2. The van der Waals surface area contributed by atoms with Gasteiger partial charge in [0.25, 0.3) is 11.8 Å². The molecule has 23 heavy (non-hydrogen) atoms. The molecule has 1 fully saturated rings. The first kappa shape index (κ1) is 17.8. The zero-order valence-electron chi connectivity index (χ0n) is 14.0. The molecule has 2 amide bonds. The number of thioether (sulfide) groups is 1. The molecule has 3 N–H and O–H groups in total. The van der Waals surface area contributed by atoms with E-state index in [1.165, 1.54) is 12.8 Å². The standard InChI is InChI=1S/C17H25N3O2S/c1-12(13-8-9-13)18-16(21)10-20(2)11-17(22)19-14-6-4-5-7-15(14)23-3/h4-7,12-13H,8-11H2,1-3H3,(H,18,21)(H,19,22)/p+1/t12-/m1/s1. The Kier molecular flexibility index (Phi) is 6.47. The molecule has 0 spiro atoms. The van der Waals surface area contributed by atoms with E-state index in [-0.39, 0.29) is 24.4 Å². The number of rotatable bonds is 8. The fraction of sp³-hybridized carbons (Fsp3) is 0.529. The van der Waals surface area contributed by atoms with Crippen molar-refractivity contribution in [2.24, 2.45) is 5.92 Å². The topological polar surface area (TPSA) is 62.6 Å². The summed E-state index contributed by atoms with van der Waals surface area (Å²) in [6, 6.07) is 7.97. The average molecular weight is 336 g/mol. The Bertz CT molecular complexity index is 561. The predicted octanol–water partition coefficient (Wildman–Crippen LogP) is 0.776. The van der Waals surface area contributed by atoms with Gasteiger partial charge >= 0.3 is 0 Å². The zero-order valence-corrected chi connectivity index (χ0v) is 14.8. The molecule has 0 bridgehead atoms. The van der Waals surface area contributed by atoms with Crippen molar-refractivity contribution in [2.45, 2.75) is 30.7 Å². The third-order valence-corrected chi connectivity index (χ3v) is 4.82. The fourth-order valence-corrected chi connectivity index (χ4v) is 3.13. The van der Waals surface area contributed by atoms with E-state index in [0.29, 0.717) is 12.5 Å². The van der Waals surface area contributed by atoms with Gasteiger partial charge in [-0.15, -0.1) is 11.8 Å². The maximum atomic E-state index is 12.1. The first-order chi connectivity index (χ1) is 11.0. The molecular formula is C17H26N3O2S+. The van der Waals surface area contributed by atoms with Gasteiger partial charge in [-0.3, -0.25) is 9.59 Å². The van der Waals surface area contributed by atoms with Gasteiger partial charge in [0.05, 0.1) is 12.7 Å². The lowest BCUT2D eigenvalue weighted by molar-refractivity contribution is -0.862. The van der Waals surface area contributed by atoms with Crippen molar-refractivity contribution in [1.82, 2.24) is 5.32 Å². The lowest BCUT2D eigenvalue weighted by atomic mass is 10.2. The first-order valence-corrected chi connectivity index (χ1v) is 9.25. The highest BCUT2D eigenvalue weighted by Gasteiger charge is 2.29. The van der Waals surface area contributed by atoms with Crippen LogP contribution < -0.4 is 15.5 Å². The Morgan fingerprint density at radius 2 is 1.91 bits per heavy atom. The minimum absolute atomic E-state index is 0.0132. The van der Waals surface area contributed by atoms with Crippen LogP contribution in [0.4, 0.5) is 5.69 Å². The number of amides is 2. The van der Waals surface area contributed by atoms with Crippen molar-refractivity contribution in [3.8, 4) is 0 Å². The van der Waals surface area contributed by atoms with Gasteiger partial charge in [0, 0.05) is 10.9 Å². The smallest absolute Gasteiger partial charge is 0.279 e. The molecule has 0 radical (unpaired) electrons. The van der Waals surface area contributed by atoms with Gasteiger partial charge in [0.1, 0.15) is 0 Å². The van der Waals surface area contributed by atoms with Gasteiger partial charge in [-0.05, 0) is 44.1 Å². The highest BCUT2D eigenvalue weighted by Crippen LogP contribution is 2.32. The average Bonchev–Trinajstić information content (AvgIpc) is 3.31. The molecule has 0 saturated heterocycles. The van der Waals surface area contributed by atoms with Gasteiger partial charge in [-0.1, -0.05) is 12.1 Å². The molecule has 6 heteroatoms. The predicted molar refractivity (Wildman–Crippen MR) is 93.8 cm³/mol. The van der Waals surface area contributed by atoms with E-state index < -0.39 is 0 Å². The maximum Gasteiger partial charge on any atom is 0.279 e. The van der Waals surface area contributed by atoms with E-state index >= 15 is 0 Å². The van der Waals surface area contributed by atoms with E-state index in [0.717, 1.165) is 15.5 Å². The van der Waals surface area contributed by atoms with Crippen LogP contribution in [0.2, 0.25) is 0 Å². The number of hydrogen-bond donors (Lipinski definition) is 3. The van der Waals surface area contributed by atoms with Crippen molar-refractivity contribution >= 4 is 29.3 Å². The van der Waals surface area contributed by atoms with E-state index in [1.807, 2.05) is 37.6 Å². The third kappa shape index (κ3) is 5.88. The molecule has 1 unspecified atom stereocenters. The van der Waals surface area contributed by atoms with Crippen molar-refractivity contribution in [1.29, 1.82) is 0 Å². The third-order valence-electron chi connectivity index (χ3n) is 4.02. The van der Waals surface area contributed by atoms with Gasteiger partial charge < -0.3 is 15.5 Å². The number of nitrogens with one attached hydrogen (secondary N) is 3. The minimum atomic E-state index is -0.0768. The number of likely N-dealkylation sites (N-methyl/N-ethyl adjacent to an activating group) is 1. The number of hydrogen-bond acceptors (Lipinski definition) is 3. The number of quaternary nitrogens is 1. The highest BCUT2D eigenvalue weighted by atomic mass is 32.2. The van der Waals surface area contributed by atoms with Gasteiger partial charge in [-0.2, -0.15) is 0 Å². The Balaban J connectivity index is 1.76. The molecule has 5 nitrogen and oxygen atoms in total. The summed E-state index contributed by atoms with van der Waals surface area (Å²) in [4.78, 5) is 26.0. The molecular weight excluding hydrogens is 310 g/mol. The summed E-state index contributed by atoms with van der Waals surface area (Å²) < 4.78 is 0. The van der Waals surface area contributed by atoms with Gasteiger partial charge in [0.15, 0.2) is 13.1 Å². The van der Waals surface area contributed by atoms with Crippen molar-refractivity contribution in [3.63, 3.8) is 0 Å². The minimum Gasteiger partial charge on any atom is -0.348 e. The summed E-state index contributed by atoms with van der Waals surface area (Å²) >= 11 is 1.60. The van der Waals surface area contributed by atoms with E-state index in [4.69, 9.17) is 0 Å². The van der Waals surface area contributed by atoms with Crippen LogP contribution in [-0.2, 0) is 9.59 Å². The van der Waals surface area contributed by atoms with Gasteiger partial charge in [0.2, 0.25) is 0 Å². The second-order valence-corrected chi connectivity index (χ2v) is 7.10. The van der Waals surface area contributed by atoms with E-state index in [1.54, 1.807) is 11.8 Å². The number of carbonyl (C=O) groups is 2.